The van der Waals surface area contributed by atoms with Gasteiger partial charge in [0.25, 0.3) is 5.91 Å². The van der Waals surface area contributed by atoms with Crippen molar-refractivity contribution >= 4 is 11.6 Å². The zero-order valence-corrected chi connectivity index (χ0v) is 13.6. The molecule has 1 fully saturated rings. The molecule has 0 radical (unpaired) electrons. The van der Waals surface area contributed by atoms with Crippen molar-refractivity contribution in [3.8, 4) is 0 Å². The highest BCUT2D eigenvalue weighted by atomic mass is 19.4. The van der Waals surface area contributed by atoms with Gasteiger partial charge >= 0.3 is 6.18 Å². The number of alkyl halides is 3. The van der Waals surface area contributed by atoms with Crippen LogP contribution >= 0.6 is 0 Å². The minimum atomic E-state index is -4.61. The Labute approximate surface area is 141 Å². The number of ether oxygens (including phenoxy) is 2. The van der Waals surface area contributed by atoms with Gasteiger partial charge in [0.2, 0.25) is 0 Å². The number of nitrogens with one attached hydrogen (secondary N) is 1. The summed E-state index contributed by atoms with van der Waals surface area (Å²) in [4.78, 5) is 16.4. The molecule has 0 unspecified atom stereocenters. The molecule has 0 bridgehead atoms. The zero-order valence-electron chi connectivity index (χ0n) is 13.6. The first-order valence-corrected chi connectivity index (χ1v) is 7.74. The van der Waals surface area contributed by atoms with Crippen LogP contribution in [0.4, 0.5) is 13.2 Å². The molecule has 3 rings (SSSR count). The van der Waals surface area contributed by atoms with Gasteiger partial charge < -0.3 is 14.8 Å². The third-order valence-corrected chi connectivity index (χ3v) is 3.80. The summed E-state index contributed by atoms with van der Waals surface area (Å²) in [5, 5.41) is 6.46. The predicted octanol–water partition coefficient (Wildman–Crippen LogP) is 1.59. The van der Waals surface area contributed by atoms with E-state index in [4.69, 9.17) is 9.47 Å². The molecule has 0 aromatic carbocycles. The van der Waals surface area contributed by atoms with Gasteiger partial charge in [-0.1, -0.05) is 0 Å². The van der Waals surface area contributed by atoms with Crippen LogP contribution in [-0.2, 0) is 15.7 Å². The lowest BCUT2D eigenvalue weighted by molar-refractivity contribution is -0.142. The summed E-state index contributed by atoms with van der Waals surface area (Å²) in [5.41, 5.74) is -0.981. The fraction of sp³-hybridized carbons (Fsp3) is 0.533. The van der Waals surface area contributed by atoms with Gasteiger partial charge in [0, 0.05) is 18.4 Å². The number of carbonyl (C=O) groups excluding carboxylic acids is 1. The molecule has 25 heavy (non-hydrogen) atoms. The Morgan fingerprint density at radius 2 is 2.20 bits per heavy atom. The van der Waals surface area contributed by atoms with Gasteiger partial charge in [-0.15, -0.1) is 0 Å². The summed E-state index contributed by atoms with van der Waals surface area (Å²) in [6.07, 6.45) is -4.90. The van der Waals surface area contributed by atoms with Crippen molar-refractivity contribution in [1.29, 1.82) is 0 Å². The van der Waals surface area contributed by atoms with E-state index in [2.05, 4.69) is 15.4 Å². The summed E-state index contributed by atoms with van der Waals surface area (Å²) >= 11 is 0. The molecule has 2 aromatic rings. The SMILES string of the molecule is CCO[C@@H]1COC[C@H]1NC(=O)c1cc2nc(C)cc(C(F)(F)F)n2n1. The number of nitrogens with zero attached hydrogens (tertiary/aromatic N) is 3. The van der Waals surface area contributed by atoms with Crippen LogP contribution in [0.25, 0.3) is 5.65 Å². The third kappa shape index (κ3) is 3.59. The summed E-state index contributed by atoms with van der Waals surface area (Å²) < 4.78 is 50.8. The highest BCUT2D eigenvalue weighted by Crippen LogP contribution is 2.29. The van der Waals surface area contributed by atoms with Crippen LogP contribution in [-0.4, -0.2) is 52.5 Å². The van der Waals surface area contributed by atoms with Gasteiger partial charge in [-0.05, 0) is 19.9 Å². The van der Waals surface area contributed by atoms with Crippen LogP contribution in [0.3, 0.4) is 0 Å². The van der Waals surface area contributed by atoms with E-state index >= 15 is 0 Å². The molecule has 136 valence electrons. The van der Waals surface area contributed by atoms with Crippen LogP contribution in [0, 0.1) is 6.92 Å². The fourth-order valence-electron chi connectivity index (χ4n) is 2.70. The quantitative estimate of drug-likeness (QED) is 0.898. The minimum Gasteiger partial charge on any atom is -0.376 e. The molecule has 0 spiro atoms. The minimum absolute atomic E-state index is 0.0403. The van der Waals surface area contributed by atoms with Gasteiger partial charge in [0.1, 0.15) is 11.8 Å². The first-order chi connectivity index (χ1) is 11.8. The molecule has 2 atom stereocenters. The monoisotopic (exact) mass is 358 g/mol. The molecule has 1 saturated heterocycles. The number of aryl methyl sites for hydroxylation is 1. The number of rotatable bonds is 4. The maximum absolute atomic E-state index is 13.1. The Morgan fingerprint density at radius 1 is 1.44 bits per heavy atom. The molecule has 7 nitrogen and oxygen atoms in total. The lowest BCUT2D eigenvalue weighted by Crippen LogP contribution is -2.43. The summed E-state index contributed by atoms with van der Waals surface area (Å²) in [7, 11) is 0. The lowest BCUT2D eigenvalue weighted by atomic mass is 10.2. The highest BCUT2D eigenvalue weighted by molar-refractivity contribution is 5.93. The van der Waals surface area contributed by atoms with E-state index in [-0.39, 0.29) is 35.8 Å². The van der Waals surface area contributed by atoms with Crippen molar-refractivity contribution in [3.63, 3.8) is 0 Å². The second kappa shape index (κ2) is 6.60. The van der Waals surface area contributed by atoms with Crippen LogP contribution in [0.15, 0.2) is 12.1 Å². The number of amides is 1. The average Bonchev–Trinajstić information content (AvgIpc) is 3.12. The van der Waals surface area contributed by atoms with Crippen LogP contribution in [0.2, 0.25) is 0 Å². The Morgan fingerprint density at radius 3 is 2.88 bits per heavy atom. The molecule has 0 aliphatic carbocycles. The van der Waals surface area contributed by atoms with Crippen LogP contribution in [0.1, 0.15) is 28.8 Å². The summed E-state index contributed by atoms with van der Waals surface area (Å²) in [6.45, 7) is 4.36. The number of aromatic nitrogens is 3. The molecule has 1 aliphatic rings. The lowest BCUT2D eigenvalue weighted by Gasteiger charge is -2.18. The van der Waals surface area contributed by atoms with Crippen LogP contribution in [0.5, 0.6) is 0 Å². The molecule has 10 heteroatoms. The van der Waals surface area contributed by atoms with Crippen molar-refractivity contribution in [2.45, 2.75) is 32.2 Å². The molecule has 1 amide bonds. The number of halogens is 3. The second-order valence-corrected chi connectivity index (χ2v) is 5.69. The summed E-state index contributed by atoms with van der Waals surface area (Å²) in [5.74, 6) is -0.600. The van der Waals surface area contributed by atoms with E-state index in [1.54, 1.807) is 0 Å². The van der Waals surface area contributed by atoms with Crippen LogP contribution < -0.4 is 5.32 Å². The van der Waals surface area contributed by atoms with E-state index in [1.807, 2.05) is 6.92 Å². The molecule has 2 aromatic heterocycles. The van der Waals surface area contributed by atoms with Gasteiger partial charge in [0.05, 0.1) is 19.3 Å². The Balaban J connectivity index is 1.88. The van der Waals surface area contributed by atoms with Gasteiger partial charge in [-0.2, -0.15) is 18.3 Å². The molecule has 0 saturated carbocycles. The summed E-state index contributed by atoms with van der Waals surface area (Å²) in [6, 6.07) is 1.73. The number of carbonyl (C=O) groups is 1. The Kier molecular flexibility index (Phi) is 4.65. The number of hydrogen-bond acceptors (Lipinski definition) is 5. The van der Waals surface area contributed by atoms with E-state index in [0.29, 0.717) is 17.7 Å². The Hall–Kier alpha value is -2.20. The Bertz CT molecular complexity index is 790. The number of fused-ring (bicyclic) bond motifs is 1. The highest BCUT2D eigenvalue weighted by Gasteiger charge is 2.36. The van der Waals surface area contributed by atoms with E-state index in [1.165, 1.54) is 13.0 Å². The normalized spacial score (nSPS) is 21.0. The fourth-order valence-corrected chi connectivity index (χ4v) is 2.70. The van der Waals surface area contributed by atoms with Crippen molar-refractivity contribution < 1.29 is 27.4 Å². The number of hydrogen-bond donors (Lipinski definition) is 1. The second-order valence-electron chi connectivity index (χ2n) is 5.69. The zero-order chi connectivity index (χ0) is 18.2. The van der Waals surface area contributed by atoms with Crippen molar-refractivity contribution in [2.75, 3.05) is 19.8 Å². The van der Waals surface area contributed by atoms with Crippen molar-refractivity contribution in [1.82, 2.24) is 19.9 Å². The molecular formula is C15H17F3N4O3. The molecule has 3 heterocycles. The maximum atomic E-state index is 13.1. The average molecular weight is 358 g/mol. The predicted molar refractivity (Wildman–Crippen MR) is 80.2 cm³/mol. The van der Waals surface area contributed by atoms with Gasteiger partial charge in [-0.25, -0.2) is 9.50 Å². The van der Waals surface area contributed by atoms with E-state index in [9.17, 15) is 18.0 Å². The maximum Gasteiger partial charge on any atom is 0.433 e. The molecule has 1 N–H and O–H groups in total. The molecule has 1 aliphatic heterocycles. The third-order valence-electron chi connectivity index (χ3n) is 3.80. The standard InChI is InChI=1S/C15H17F3N4O3/c1-3-25-11-7-24-6-10(11)20-14(23)9-5-13-19-8(2)4-12(15(16,17)18)22(13)21-9/h4-5,10-11H,3,6-7H2,1-2H3,(H,20,23)/t10-,11-/m1/s1. The largest absolute Gasteiger partial charge is 0.433 e. The topological polar surface area (TPSA) is 77.8 Å². The molecular weight excluding hydrogens is 341 g/mol. The first kappa shape index (κ1) is 17.6. The van der Waals surface area contributed by atoms with E-state index < -0.39 is 17.8 Å². The first-order valence-electron chi connectivity index (χ1n) is 7.74. The van der Waals surface area contributed by atoms with Gasteiger partial charge in [0.15, 0.2) is 11.3 Å². The van der Waals surface area contributed by atoms with Crippen molar-refractivity contribution in [2.24, 2.45) is 0 Å². The van der Waals surface area contributed by atoms with E-state index in [0.717, 1.165) is 6.07 Å². The van der Waals surface area contributed by atoms with Gasteiger partial charge in [-0.3, -0.25) is 4.79 Å². The van der Waals surface area contributed by atoms with Crippen molar-refractivity contribution in [3.05, 3.63) is 29.2 Å². The smallest absolute Gasteiger partial charge is 0.376 e.